The molecule has 2 aromatic carbocycles. The number of carbonyl (C=O) groups excluding carboxylic acids is 3. The summed E-state index contributed by atoms with van der Waals surface area (Å²) in [5, 5.41) is 2.56. The molecule has 0 bridgehead atoms. The number of fused-ring (bicyclic) bond motifs is 1. The second-order valence-electron chi connectivity index (χ2n) is 6.76. The van der Waals surface area contributed by atoms with E-state index >= 15 is 0 Å². The lowest BCUT2D eigenvalue weighted by Gasteiger charge is -2.21. The van der Waals surface area contributed by atoms with Gasteiger partial charge in [-0.2, -0.15) is 0 Å². The molecule has 0 radical (unpaired) electrons. The van der Waals surface area contributed by atoms with E-state index in [1.165, 1.54) is 6.92 Å². The van der Waals surface area contributed by atoms with Crippen LogP contribution in [0.1, 0.15) is 29.8 Å². The Balaban J connectivity index is 1.49. The van der Waals surface area contributed by atoms with Gasteiger partial charge in [-0.25, -0.2) is 4.79 Å². The Bertz CT molecular complexity index is 915. The SMILES string of the molecule is CCN(Cc1ccc2c(c1)OCO2)C(=O)COC(=O)[C@H](C)NC(=O)c1ccccc1. The minimum atomic E-state index is -0.880. The van der Waals surface area contributed by atoms with Crippen molar-refractivity contribution in [3.63, 3.8) is 0 Å². The predicted molar refractivity (Wildman–Crippen MR) is 108 cm³/mol. The molecule has 0 fully saturated rings. The Kier molecular flexibility index (Phi) is 6.90. The summed E-state index contributed by atoms with van der Waals surface area (Å²) < 4.78 is 15.7. The molecule has 0 aliphatic carbocycles. The molecule has 8 nitrogen and oxygen atoms in total. The molecule has 2 aromatic rings. The van der Waals surface area contributed by atoms with Crippen LogP contribution in [0.2, 0.25) is 0 Å². The Morgan fingerprint density at radius 2 is 1.83 bits per heavy atom. The van der Waals surface area contributed by atoms with E-state index in [1.807, 2.05) is 19.1 Å². The van der Waals surface area contributed by atoms with Crippen LogP contribution in [0.4, 0.5) is 0 Å². The number of amides is 2. The second-order valence-corrected chi connectivity index (χ2v) is 6.76. The largest absolute Gasteiger partial charge is 0.454 e. The van der Waals surface area contributed by atoms with Gasteiger partial charge in [0, 0.05) is 18.7 Å². The van der Waals surface area contributed by atoms with Crippen LogP contribution in [0, 0.1) is 0 Å². The highest BCUT2D eigenvalue weighted by molar-refractivity contribution is 5.96. The third kappa shape index (κ3) is 5.28. The van der Waals surface area contributed by atoms with E-state index in [4.69, 9.17) is 14.2 Å². The quantitative estimate of drug-likeness (QED) is 0.668. The van der Waals surface area contributed by atoms with Crippen LogP contribution in [0.5, 0.6) is 11.5 Å². The number of benzene rings is 2. The molecule has 1 aliphatic heterocycles. The maximum absolute atomic E-state index is 12.5. The van der Waals surface area contributed by atoms with Crippen molar-refractivity contribution in [2.75, 3.05) is 19.9 Å². The first kappa shape index (κ1) is 21.2. The zero-order valence-corrected chi connectivity index (χ0v) is 16.9. The molecule has 3 rings (SSSR count). The van der Waals surface area contributed by atoms with Gasteiger partial charge >= 0.3 is 5.97 Å². The van der Waals surface area contributed by atoms with Gasteiger partial charge in [-0.3, -0.25) is 9.59 Å². The number of esters is 1. The molecule has 2 amide bonds. The number of rotatable bonds is 8. The van der Waals surface area contributed by atoms with Crippen LogP contribution in [0.3, 0.4) is 0 Å². The van der Waals surface area contributed by atoms with Crippen molar-refractivity contribution in [1.82, 2.24) is 10.2 Å². The van der Waals surface area contributed by atoms with Gasteiger partial charge in [0.25, 0.3) is 11.8 Å². The number of hydrogen-bond donors (Lipinski definition) is 1. The van der Waals surface area contributed by atoms with Crippen LogP contribution < -0.4 is 14.8 Å². The lowest BCUT2D eigenvalue weighted by molar-refractivity contribution is -0.153. The predicted octanol–water partition coefficient (Wildman–Crippen LogP) is 2.13. The van der Waals surface area contributed by atoms with Crippen molar-refractivity contribution >= 4 is 17.8 Å². The van der Waals surface area contributed by atoms with Gasteiger partial charge in [0.1, 0.15) is 6.04 Å². The van der Waals surface area contributed by atoms with Crippen LogP contribution in [-0.4, -0.2) is 48.7 Å². The molecule has 1 heterocycles. The summed E-state index contributed by atoms with van der Waals surface area (Å²) in [4.78, 5) is 38.4. The summed E-state index contributed by atoms with van der Waals surface area (Å²) in [6.07, 6.45) is 0. The molecule has 8 heteroatoms. The summed E-state index contributed by atoms with van der Waals surface area (Å²) >= 11 is 0. The number of likely N-dealkylation sites (N-methyl/N-ethyl adjacent to an activating group) is 1. The molecule has 158 valence electrons. The molecule has 0 saturated heterocycles. The first-order valence-corrected chi connectivity index (χ1v) is 9.66. The lowest BCUT2D eigenvalue weighted by Crippen LogP contribution is -2.41. The van der Waals surface area contributed by atoms with Crippen molar-refractivity contribution in [3.05, 3.63) is 59.7 Å². The molecule has 0 spiro atoms. The maximum Gasteiger partial charge on any atom is 0.328 e. The van der Waals surface area contributed by atoms with Crippen molar-refractivity contribution in [2.24, 2.45) is 0 Å². The average molecular weight is 412 g/mol. The Labute approximate surface area is 174 Å². The van der Waals surface area contributed by atoms with Crippen LogP contribution >= 0.6 is 0 Å². The molecular weight excluding hydrogens is 388 g/mol. The van der Waals surface area contributed by atoms with E-state index in [-0.39, 0.29) is 18.6 Å². The van der Waals surface area contributed by atoms with E-state index in [9.17, 15) is 14.4 Å². The zero-order valence-electron chi connectivity index (χ0n) is 16.9. The Morgan fingerprint density at radius 1 is 1.10 bits per heavy atom. The number of nitrogens with one attached hydrogen (secondary N) is 1. The van der Waals surface area contributed by atoms with E-state index in [1.54, 1.807) is 41.3 Å². The topological polar surface area (TPSA) is 94.2 Å². The van der Waals surface area contributed by atoms with Crippen molar-refractivity contribution < 1.29 is 28.6 Å². The first-order valence-electron chi connectivity index (χ1n) is 9.66. The molecular formula is C22H24N2O6. The highest BCUT2D eigenvalue weighted by Gasteiger charge is 2.21. The van der Waals surface area contributed by atoms with Crippen LogP contribution in [0.25, 0.3) is 0 Å². The molecule has 30 heavy (non-hydrogen) atoms. The molecule has 0 aromatic heterocycles. The van der Waals surface area contributed by atoms with Crippen molar-refractivity contribution in [1.29, 1.82) is 0 Å². The normalized spacial score (nSPS) is 12.7. The number of ether oxygens (including phenoxy) is 3. The average Bonchev–Trinajstić information content (AvgIpc) is 3.23. The van der Waals surface area contributed by atoms with Gasteiger partial charge in [-0.15, -0.1) is 0 Å². The second kappa shape index (κ2) is 9.78. The highest BCUT2D eigenvalue weighted by Crippen LogP contribution is 2.32. The number of carbonyl (C=O) groups is 3. The minimum absolute atomic E-state index is 0.185. The van der Waals surface area contributed by atoms with Crippen molar-refractivity contribution in [3.8, 4) is 11.5 Å². The molecule has 1 aliphatic rings. The molecule has 1 atom stereocenters. The fourth-order valence-corrected chi connectivity index (χ4v) is 2.91. The molecule has 0 saturated carbocycles. The van der Waals surface area contributed by atoms with Gasteiger partial charge in [0.05, 0.1) is 0 Å². The highest BCUT2D eigenvalue weighted by atomic mass is 16.7. The van der Waals surface area contributed by atoms with E-state index in [2.05, 4.69) is 5.32 Å². The molecule has 0 unspecified atom stereocenters. The summed E-state index contributed by atoms with van der Waals surface area (Å²) in [6, 6.07) is 13.2. The summed E-state index contributed by atoms with van der Waals surface area (Å²) in [5.74, 6) is -0.0692. The smallest absolute Gasteiger partial charge is 0.328 e. The number of nitrogens with zero attached hydrogens (tertiary/aromatic N) is 1. The van der Waals surface area contributed by atoms with E-state index in [0.29, 0.717) is 30.2 Å². The standard InChI is InChI=1S/C22H24N2O6/c1-3-24(12-16-9-10-18-19(11-16)30-14-29-18)20(25)13-28-22(27)15(2)23-21(26)17-7-5-4-6-8-17/h4-11,15H,3,12-14H2,1-2H3,(H,23,26)/t15-/m0/s1. The third-order valence-corrected chi connectivity index (χ3v) is 4.62. The summed E-state index contributed by atoms with van der Waals surface area (Å²) in [5.41, 5.74) is 1.32. The Morgan fingerprint density at radius 3 is 2.57 bits per heavy atom. The number of hydrogen-bond acceptors (Lipinski definition) is 6. The minimum Gasteiger partial charge on any atom is -0.454 e. The van der Waals surface area contributed by atoms with Crippen molar-refractivity contribution in [2.45, 2.75) is 26.4 Å². The van der Waals surface area contributed by atoms with Gasteiger partial charge < -0.3 is 24.4 Å². The van der Waals surface area contributed by atoms with Crippen LogP contribution in [-0.2, 0) is 20.9 Å². The fourth-order valence-electron chi connectivity index (χ4n) is 2.91. The fraction of sp³-hybridized carbons (Fsp3) is 0.318. The lowest BCUT2D eigenvalue weighted by atomic mass is 10.2. The van der Waals surface area contributed by atoms with Gasteiger partial charge in [0.2, 0.25) is 6.79 Å². The van der Waals surface area contributed by atoms with E-state index < -0.39 is 18.6 Å². The monoisotopic (exact) mass is 412 g/mol. The third-order valence-electron chi connectivity index (χ3n) is 4.62. The maximum atomic E-state index is 12.5. The summed E-state index contributed by atoms with van der Waals surface area (Å²) in [7, 11) is 0. The first-order chi connectivity index (χ1) is 14.5. The zero-order chi connectivity index (χ0) is 21.5. The van der Waals surface area contributed by atoms with Gasteiger partial charge in [-0.05, 0) is 43.7 Å². The van der Waals surface area contributed by atoms with Crippen LogP contribution in [0.15, 0.2) is 48.5 Å². The summed E-state index contributed by atoms with van der Waals surface area (Å²) in [6.45, 7) is 3.94. The van der Waals surface area contributed by atoms with E-state index in [0.717, 1.165) is 5.56 Å². The van der Waals surface area contributed by atoms with Gasteiger partial charge in [-0.1, -0.05) is 24.3 Å². The molecule has 1 N–H and O–H groups in total. The van der Waals surface area contributed by atoms with Gasteiger partial charge in [0.15, 0.2) is 18.1 Å². The Hall–Kier alpha value is -3.55.